The standard InChI is InChI=1S/C21H23N3O2/c1-23-20(25)14-18-13-17(7-8-19(18)22-23)21(26)24-11-9-16(10-12-24)15-5-3-2-4-6-15/h2-6,9,14,17H,7-8,10-13H2,1H3. The van der Waals surface area contributed by atoms with Gasteiger partial charge in [0, 0.05) is 32.1 Å². The second-order valence-electron chi connectivity index (χ2n) is 7.15. The Hall–Kier alpha value is -2.69. The average molecular weight is 349 g/mol. The lowest BCUT2D eigenvalue weighted by Gasteiger charge is -2.32. The van der Waals surface area contributed by atoms with Gasteiger partial charge in [-0.2, -0.15) is 5.10 Å². The van der Waals surface area contributed by atoms with Crippen molar-refractivity contribution < 1.29 is 4.79 Å². The van der Waals surface area contributed by atoms with Gasteiger partial charge in [-0.1, -0.05) is 36.4 Å². The molecule has 1 aromatic heterocycles. The molecule has 1 aromatic carbocycles. The molecule has 1 aliphatic carbocycles. The molecule has 0 N–H and O–H groups in total. The Labute approximate surface area is 153 Å². The largest absolute Gasteiger partial charge is 0.338 e. The number of carbonyl (C=O) groups excluding carboxylic acids is 1. The van der Waals surface area contributed by atoms with Crippen LogP contribution < -0.4 is 5.56 Å². The highest BCUT2D eigenvalue weighted by atomic mass is 16.2. The summed E-state index contributed by atoms with van der Waals surface area (Å²) in [5, 5.41) is 4.33. The summed E-state index contributed by atoms with van der Waals surface area (Å²) in [4.78, 5) is 26.7. The van der Waals surface area contributed by atoms with E-state index in [0.29, 0.717) is 13.0 Å². The summed E-state index contributed by atoms with van der Waals surface area (Å²) < 4.78 is 1.38. The van der Waals surface area contributed by atoms with Gasteiger partial charge in [0.15, 0.2) is 0 Å². The summed E-state index contributed by atoms with van der Waals surface area (Å²) in [7, 11) is 1.67. The van der Waals surface area contributed by atoms with Crippen molar-refractivity contribution in [2.45, 2.75) is 25.7 Å². The van der Waals surface area contributed by atoms with Crippen LogP contribution in [0.4, 0.5) is 0 Å². The van der Waals surface area contributed by atoms with Crippen molar-refractivity contribution in [3.8, 4) is 0 Å². The highest BCUT2D eigenvalue weighted by Gasteiger charge is 2.30. The number of aryl methyl sites for hydroxylation is 2. The van der Waals surface area contributed by atoms with Gasteiger partial charge in [0.2, 0.25) is 5.91 Å². The third-order valence-electron chi connectivity index (χ3n) is 5.47. The Morgan fingerprint density at radius 2 is 2.00 bits per heavy atom. The van der Waals surface area contributed by atoms with E-state index in [-0.39, 0.29) is 17.4 Å². The van der Waals surface area contributed by atoms with E-state index in [1.807, 2.05) is 23.1 Å². The minimum Gasteiger partial charge on any atom is -0.338 e. The first-order valence-corrected chi connectivity index (χ1v) is 9.21. The van der Waals surface area contributed by atoms with Crippen molar-refractivity contribution >= 4 is 11.5 Å². The number of benzene rings is 1. The molecule has 1 amide bonds. The Balaban J connectivity index is 1.45. The van der Waals surface area contributed by atoms with Crippen molar-refractivity contribution in [1.29, 1.82) is 0 Å². The van der Waals surface area contributed by atoms with E-state index >= 15 is 0 Å². The predicted octanol–water partition coefficient (Wildman–Crippen LogP) is 2.20. The molecular weight excluding hydrogens is 326 g/mol. The number of hydrogen-bond donors (Lipinski definition) is 0. The Morgan fingerprint density at radius 3 is 2.73 bits per heavy atom. The Kier molecular flexibility index (Phi) is 4.45. The van der Waals surface area contributed by atoms with Gasteiger partial charge >= 0.3 is 0 Å². The molecular formula is C21H23N3O2. The summed E-state index contributed by atoms with van der Waals surface area (Å²) >= 11 is 0. The van der Waals surface area contributed by atoms with Gasteiger partial charge in [-0.25, -0.2) is 4.68 Å². The van der Waals surface area contributed by atoms with Crippen LogP contribution in [0.3, 0.4) is 0 Å². The Morgan fingerprint density at radius 1 is 1.19 bits per heavy atom. The van der Waals surface area contributed by atoms with Crippen molar-refractivity contribution in [3.05, 3.63) is 69.6 Å². The molecule has 1 unspecified atom stereocenters. The third kappa shape index (κ3) is 3.21. The topological polar surface area (TPSA) is 55.2 Å². The molecule has 0 saturated carbocycles. The second-order valence-corrected chi connectivity index (χ2v) is 7.15. The molecule has 0 fully saturated rings. The number of fused-ring (bicyclic) bond motifs is 1. The predicted molar refractivity (Wildman–Crippen MR) is 101 cm³/mol. The zero-order chi connectivity index (χ0) is 18.1. The molecule has 134 valence electrons. The van der Waals surface area contributed by atoms with Crippen LogP contribution in [0.1, 0.15) is 29.7 Å². The third-order valence-corrected chi connectivity index (χ3v) is 5.47. The highest BCUT2D eigenvalue weighted by molar-refractivity contribution is 5.81. The maximum atomic E-state index is 13.0. The van der Waals surface area contributed by atoms with Gasteiger partial charge < -0.3 is 4.90 Å². The lowest BCUT2D eigenvalue weighted by atomic mass is 9.85. The smallest absolute Gasteiger partial charge is 0.266 e. The molecule has 2 heterocycles. The minimum atomic E-state index is -0.106. The molecule has 0 spiro atoms. The number of hydrogen-bond acceptors (Lipinski definition) is 3. The monoisotopic (exact) mass is 349 g/mol. The number of rotatable bonds is 2. The van der Waals surface area contributed by atoms with E-state index in [1.54, 1.807) is 13.1 Å². The number of amides is 1. The van der Waals surface area contributed by atoms with Crippen LogP contribution in [0.25, 0.3) is 5.57 Å². The maximum absolute atomic E-state index is 13.0. The van der Waals surface area contributed by atoms with Crippen molar-refractivity contribution in [2.75, 3.05) is 13.1 Å². The van der Waals surface area contributed by atoms with E-state index in [9.17, 15) is 9.59 Å². The molecule has 2 aliphatic rings. The van der Waals surface area contributed by atoms with Crippen LogP contribution in [0.15, 0.2) is 47.3 Å². The van der Waals surface area contributed by atoms with Crippen LogP contribution in [-0.2, 0) is 24.7 Å². The molecule has 0 radical (unpaired) electrons. The Bertz CT molecular complexity index is 915. The molecule has 4 rings (SSSR count). The van der Waals surface area contributed by atoms with E-state index in [4.69, 9.17) is 0 Å². The molecule has 5 heteroatoms. The zero-order valence-electron chi connectivity index (χ0n) is 15.0. The normalized spacial score (nSPS) is 19.7. The average Bonchev–Trinajstić information content (AvgIpc) is 2.69. The summed E-state index contributed by atoms with van der Waals surface area (Å²) in [6.45, 7) is 1.43. The van der Waals surface area contributed by atoms with Crippen molar-refractivity contribution in [1.82, 2.24) is 14.7 Å². The van der Waals surface area contributed by atoms with E-state index in [0.717, 1.165) is 37.1 Å². The minimum absolute atomic E-state index is 0.0388. The number of aromatic nitrogens is 2. The van der Waals surface area contributed by atoms with E-state index in [1.165, 1.54) is 15.8 Å². The molecule has 5 nitrogen and oxygen atoms in total. The van der Waals surface area contributed by atoms with Gasteiger partial charge in [0.05, 0.1) is 5.69 Å². The maximum Gasteiger partial charge on any atom is 0.266 e. The fourth-order valence-electron chi connectivity index (χ4n) is 3.94. The first-order chi connectivity index (χ1) is 12.6. The van der Waals surface area contributed by atoms with E-state index in [2.05, 4.69) is 23.3 Å². The molecule has 0 bridgehead atoms. The van der Waals surface area contributed by atoms with Crippen LogP contribution in [0.2, 0.25) is 0 Å². The first-order valence-electron chi connectivity index (χ1n) is 9.21. The molecule has 2 aromatic rings. The quantitative estimate of drug-likeness (QED) is 0.835. The fraction of sp³-hybridized carbons (Fsp3) is 0.381. The van der Waals surface area contributed by atoms with Crippen molar-refractivity contribution in [3.63, 3.8) is 0 Å². The van der Waals surface area contributed by atoms with Crippen LogP contribution in [0, 0.1) is 5.92 Å². The highest BCUT2D eigenvalue weighted by Crippen LogP contribution is 2.27. The lowest BCUT2D eigenvalue weighted by molar-refractivity contribution is -0.135. The molecule has 26 heavy (non-hydrogen) atoms. The van der Waals surface area contributed by atoms with Crippen LogP contribution in [-0.4, -0.2) is 33.7 Å². The molecule has 1 atom stereocenters. The van der Waals surface area contributed by atoms with Gasteiger partial charge in [-0.05, 0) is 42.4 Å². The van der Waals surface area contributed by atoms with Gasteiger partial charge in [-0.3, -0.25) is 9.59 Å². The summed E-state index contributed by atoms with van der Waals surface area (Å²) in [5.41, 5.74) is 4.35. The van der Waals surface area contributed by atoms with E-state index < -0.39 is 0 Å². The number of nitrogens with zero attached hydrogens (tertiary/aromatic N) is 3. The van der Waals surface area contributed by atoms with Crippen molar-refractivity contribution in [2.24, 2.45) is 13.0 Å². The fourth-order valence-corrected chi connectivity index (χ4v) is 3.94. The molecule has 0 saturated heterocycles. The summed E-state index contributed by atoms with van der Waals surface area (Å²) in [6.07, 6.45) is 5.26. The van der Waals surface area contributed by atoms with Crippen LogP contribution in [0.5, 0.6) is 0 Å². The SMILES string of the molecule is Cn1nc2c(cc1=O)CC(C(=O)N1CC=C(c3ccccc3)CC1)CC2. The second kappa shape index (κ2) is 6.90. The lowest BCUT2D eigenvalue weighted by Crippen LogP contribution is -2.41. The summed E-state index contributed by atoms with van der Waals surface area (Å²) in [6, 6.07) is 12.0. The van der Waals surface area contributed by atoms with Crippen LogP contribution >= 0.6 is 0 Å². The zero-order valence-corrected chi connectivity index (χ0v) is 15.0. The summed E-state index contributed by atoms with van der Waals surface area (Å²) in [5.74, 6) is 0.169. The van der Waals surface area contributed by atoms with Gasteiger partial charge in [-0.15, -0.1) is 0 Å². The van der Waals surface area contributed by atoms with Gasteiger partial charge in [0.25, 0.3) is 5.56 Å². The molecule has 1 aliphatic heterocycles. The number of carbonyl (C=O) groups is 1. The van der Waals surface area contributed by atoms with Gasteiger partial charge in [0.1, 0.15) is 0 Å². The first kappa shape index (κ1) is 16.8.